The Bertz CT molecular complexity index is 1960. The maximum atomic E-state index is 15.0. The van der Waals surface area contributed by atoms with Crippen LogP contribution in [0.5, 0.6) is 6.01 Å². The van der Waals surface area contributed by atoms with E-state index in [4.69, 9.17) is 9.47 Å². The number of nitriles is 1. The van der Waals surface area contributed by atoms with Gasteiger partial charge in [0.1, 0.15) is 35.2 Å². The summed E-state index contributed by atoms with van der Waals surface area (Å²) in [5.41, 5.74) is -3.03. The van der Waals surface area contributed by atoms with E-state index in [0.717, 1.165) is 37.6 Å². The van der Waals surface area contributed by atoms with Gasteiger partial charge >= 0.3 is 18.3 Å². The number of benzene rings is 1. The number of fused-ring (bicyclic) bond motifs is 3. The Balaban J connectivity index is 1.42. The second-order valence-corrected chi connectivity index (χ2v) is 13.1. The number of hydrogen-bond acceptors (Lipinski definition) is 10. The minimum Gasteiger partial charge on any atom is -0.465 e. The molecule has 3 aliphatic rings. The predicted molar refractivity (Wildman–Crippen MR) is 166 cm³/mol. The molecule has 0 bridgehead atoms. The second-order valence-electron chi connectivity index (χ2n) is 12.0. The van der Waals surface area contributed by atoms with E-state index in [9.17, 15) is 32.7 Å². The zero-order chi connectivity index (χ0) is 33.8. The molecule has 2 N–H and O–H groups in total. The van der Waals surface area contributed by atoms with Crippen LogP contribution in [-0.4, -0.2) is 88.8 Å². The van der Waals surface area contributed by atoms with Crippen molar-refractivity contribution in [1.82, 2.24) is 19.9 Å². The summed E-state index contributed by atoms with van der Waals surface area (Å²) in [6.45, 7) is 2.61. The SMILES string of the molecule is N#Cc1c(NC(=O)O)sc2c(F)ccc(-c3cc4nc(OC[C@@]56CCCN5C[C@H](F)C6)nc(N5CCCOCC5)c4nc3C(F)(F)F)c12. The lowest BCUT2D eigenvalue weighted by Crippen LogP contribution is -2.43. The molecule has 1 amide bonds. The summed E-state index contributed by atoms with van der Waals surface area (Å²) in [5.74, 6) is -0.735. The molecule has 6 heterocycles. The fourth-order valence-corrected chi connectivity index (χ4v) is 8.10. The number of anilines is 2. The summed E-state index contributed by atoms with van der Waals surface area (Å²) in [5, 5.41) is 20.8. The van der Waals surface area contributed by atoms with Crippen LogP contribution in [0.3, 0.4) is 0 Å². The summed E-state index contributed by atoms with van der Waals surface area (Å²) in [4.78, 5) is 28.3. The van der Waals surface area contributed by atoms with Gasteiger partial charge in [0.05, 0.1) is 27.9 Å². The third-order valence-corrected chi connectivity index (χ3v) is 10.2. The molecule has 0 aliphatic carbocycles. The first kappa shape index (κ1) is 32.2. The molecule has 0 unspecified atom stereocenters. The van der Waals surface area contributed by atoms with Crippen LogP contribution in [0.15, 0.2) is 18.2 Å². The molecule has 48 heavy (non-hydrogen) atoms. The number of amides is 1. The average molecular weight is 690 g/mol. The lowest BCUT2D eigenvalue weighted by Gasteiger charge is -2.31. The van der Waals surface area contributed by atoms with Gasteiger partial charge in [0.15, 0.2) is 11.5 Å². The highest BCUT2D eigenvalue weighted by Gasteiger charge is 2.49. The van der Waals surface area contributed by atoms with E-state index in [0.29, 0.717) is 57.0 Å². The number of rotatable bonds is 6. The Kier molecular flexibility index (Phi) is 8.20. The van der Waals surface area contributed by atoms with Crippen molar-refractivity contribution in [3.63, 3.8) is 0 Å². The molecule has 0 saturated carbocycles. The van der Waals surface area contributed by atoms with Crippen molar-refractivity contribution in [3.05, 3.63) is 35.3 Å². The van der Waals surface area contributed by atoms with Crippen LogP contribution < -0.4 is 15.0 Å². The number of carboxylic acid groups (broad SMARTS) is 1. The van der Waals surface area contributed by atoms with Crippen molar-refractivity contribution < 1.29 is 41.3 Å². The molecule has 7 rings (SSSR count). The van der Waals surface area contributed by atoms with Crippen LogP contribution in [0.2, 0.25) is 0 Å². The van der Waals surface area contributed by atoms with Crippen molar-refractivity contribution in [2.75, 3.05) is 56.2 Å². The van der Waals surface area contributed by atoms with Crippen molar-refractivity contribution in [2.45, 2.75) is 43.6 Å². The summed E-state index contributed by atoms with van der Waals surface area (Å²) < 4.78 is 85.5. The molecule has 3 aliphatic heterocycles. The third-order valence-electron chi connectivity index (χ3n) is 9.07. The number of aromatic nitrogens is 3. The van der Waals surface area contributed by atoms with Crippen LogP contribution in [0.25, 0.3) is 32.2 Å². The highest BCUT2D eigenvalue weighted by molar-refractivity contribution is 7.23. The Hall–Kier alpha value is -4.40. The van der Waals surface area contributed by atoms with Crippen LogP contribution >= 0.6 is 11.3 Å². The van der Waals surface area contributed by atoms with Gasteiger partial charge in [-0.05, 0) is 43.5 Å². The number of nitrogens with zero attached hydrogens (tertiary/aromatic N) is 6. The van der Waals surface area contributed by atoms with Crippen molar-refractivity contribution in [2.24, 2.45) is 0 Å². The first-order valence-electron chi connectivity index (χ1n) is 15.3. The zero-order valence-electron chi connectivity index (χ0n) is 25.2. The fraction of sp³-hybridized carbons (Fsp3) is 0.452. The number of alkyl halides is 4. The molecule has 4 aromatic rings. The highest BCUT2D eigenvalue weighted by atomic mass is 32.1. The first-order chi connectivity index (χ1) is 23.0. The molecule has 2 atom stereocenters. The molecule has 3 fully saturated rings. The zero-order valence-corrected chi connectivity index (χ0v) is 26.1. The molecule has 3 aromatic heterocycles. The Morgan fingerprint density at radius 3 is 2.79 bits per heavy atom. The summed E-state index contributed by atoms with van der Waals surface area (Å²) >= 11 is 0.595. The first-order valence-corrected chi connectivity index (χ1v) is 16.1. The van der Waals surface area contributed by atoms with Crippen LogP contribution in [-0.2, 0) is 10.9 Å². The normalized spacial score (nSPS) is 21.8. The number of carbonyl (C=O) groups is 1. The van der Waals surface area contributed by atoms with Gasteiger partial charge in [0.25, 0.3) is 0 Å². The molecular weight excluding hydrogens is 661 g/mol. The van der Waals surface area contributed by atoms with Gasteiger partial charge < -0.3 is 19.5 Å². The maximum Gasteiger partial charge on any atom is 0.433 e. The van der Waals surface area contributed by atoms with E-state index < -0.39 is 41.1 Å². The number of halogens is 5. The molecular formula is C31H28F5N7O4S. The standard InChI is InChI=1S/C31H28F5N7O4S/c32-16-12-30(5-1-7-43(30)14-16)15-47-28-38-21-11-18(17-3-4-20(33)24-22(17)19(13-37)27(48-24)41-29(44)45)25(31(34,35)36)39-23(21)26(40-28)42-6-2-9-46-10-8-42/h3-4,11,16,41H,1-2,5-10,12,14-15H2,(H,44,45)/t16-,30+/m1/s1. The van der Waals surface area contributed by atoms with Crippen LogP contribution in [0.4, 0.5) is 37.6 Å². The highest BCUT2D eigenvalue weighted by Crippen LogP contribution is 2.46. The minimum atomic E-state index is -5.01. The molecule has 252 valence electrons. The average Bonchev–Trinajstić information content (AvgIpc) is 3.59. The number of pyridine rings is 1. The van der Waals surface area contributed by atoms with Gasteiger partial charge in [-0.3, -0.25) is 10.2 Å². The third kappa shape index (κ3) is 5.71. The predicted octanol–water partition coefficient (Wildman–Crippen LogP) is 6.21. The van der Waals surface area contributed by atoms with Gasteiger partial charge in [-0.2, -0.15) is 28.4 Å². The largest absolute Gasteiger partial charge is 0.465 e. The molecule has 3 saturated heterocycles. The van der Waals surface area contributed by atoms with Crippen molar-refractivity contribution in [3.8, 4) is 23.2 Å². The monoisotopic (exact) mass is 689 g/mol. The Morgan fingerprint density at radius 2 is 2.02 bits per heavy atom. The quantitative estimate of drug-likeness (QED) is 0.225. The number of hydrogen-bond donors (Lipinski definition) is 2. The Labute approximate surface area is 273 Å². The van der Waals surface area contributed by atoms with Gasteiger partial charge in [-0.15, -0.1) is 11.3 Å². The summed E-state index contributed by atoms with van der Waals surface area (Å²) in [6.07, 6.45) is -5.07. The second kappa shape index (κ2) is 12.2. The number of thiophene rings is 1. The lowest BCUT2D eigenvalue weighted by molar-refractivity contribution is -0.140. The van der Waals surface area contributed by atoms with Crippen LogP contribution in [0, 0.1) is 17.1 Å². The molecule has 17 heteroatoms. The van der Waals surface area contributed by atoms with E-state index in [1.165, 1.54) is 0 Å². The fourth-order valence-electron chi connectivity index (χ4n) is 7.02. The van der Waals surface area contributed by atoms with Gasteiger partial charge in [0.2, 0.25) is 0 Å². The molecule has 0 spiro atoms. The smallest absolute Gasteiger partial charge is 0.433 e. The van der Waals surface area contributed by atoms with Crippen molar-refractivity contribution in [1.29, 1.82) is 5.26 Å². The topological polar surface area (TPSA) is 137 Å². The van der Waals surface area contributed by atoms with E-state index in [1.54, 1.807) is 4.90 Å². The van der Waals surface area contributed by atoms with E-state index in [2.05, 4.69) is 19.9 Å². The summed E-state index contributed by atoms with van der Waals surface area (Å²) in [6, 6.07) is 4.89. The van der Waals surface area contributed by atoms with Crippen molar-refractivity contribution >= 4 is 49.4 Å². The molecule has 0 radical (unpaired) electrons. The maximum absolute atomic E-state index is 15.0. The van der Waals surface area contributed by atoms with E-state index in [1.807, 2.05) is 11.4 Å². The minimum absolute atomic E-state index is 0.00571. The van der Waals surface area contributed by atoms with Gasteiger partial charge in [-0.25, -0.2) is 18.6 Å². The van der Waals surface area contributed by atoms with Gasteiger partial charge in [-0.1, -0.05) is 6.07 Å². The van der Waals surface area contributed by atoms with E-state index in [-0.39, 0.29) is 55.7 Å². The van der Waals surface area contributed by atoms with Gasteiger partial charge in [0, 0.05) is 43.6 Å². The summed E-state index contributed by atoms with van der Waals surface area (Å²) in [7, 11) is 0. The molecule has 1 aromatic carbocycles. The lowest BCUT2D eigenvalue weighted by atomic mass is 9.95. The van der Waals surface area contributed by atoms with E-state index >= 15 is 4.39 Å². The Morgan fingerprint density at radius 1 is 1.19 bits per heavy atom. The van der Waals surface area contributed by atoms with Crippen LogP contribution in [0.1, 0.15) is 36.9 Å². The number of ether oxygens (including phenoxy) is 2. The number of nitrogens with one attached hydrogen (secondary N) is 1. The molecule has 11 nitrogen and oxygen atoms in total.